The van der Waals surface area contributed by atoms with Crippen LogP contribution in [0, 0.1) is 0 Å². The van der Waals surface area contributed by atoms with Crippen molar-refractivity contribution in [2.75, 3.05) is 5.32 Å². The van der Waals surface area contributed by atoms with Gasteiger partial charge in [-0.3, -0.25) is 4.57 Å². The van der Waals surface area contributed by atoms with Gasteiger partial charge in [0.15, 0.2) is 0 Å². The average Bonchev–Trinajstić information content (AvgIpc) is 3.43. The van der Waals surface area contributed by atoms with Crippen molar-refractivity contribution in [3.8, 4) is 11.4 Å². The molecule has 136 valence electrons. The normalized spacial score (nSPS) is 11.0. The smallest absolute Gasteiger partial charge is 0.100 e. The van der Waals surface area contributed by atoms with E-state index in [2.05, 4.69) is 74.4 Å². The van der Waals surface area contributed by atoms with Crippen LogP contribution in [0.4, 0.5) is 5.69 Å². The topological polar surface area (TPSA) is 47.7 Å². The molecule has 0 spiro atoms. The minimum atomic E-state index is 0.747. The maximum atomic E-state index is 4.49. The van der Waals surface area contributed by atoms with Gasteiger partial charge in [0.05, 0.1) is 17.4 Å². The van der Waals surface area contributed by atoms with Gasteiger partial charge >= 0.3 is 0 Å². The molecule has 0 fully saturated rings. The summed E-state index contributed by atoms with van der Waals surface area (Å²) < 4.78 is 4.12. The SMILES string of the molecule is c1cc(CNc2cccc(-n3cnc4ccccc43)c2)cc(-n2ccnc2)c1. The fraction of sp³-hybridized carbons (Fsp3) is 0.0435. The van der Waals surface area contributed by atoms with Crippen LogP contribution in [-0.2, 0) is 6.54 Å². The van der Waals surface area contributed by atoms with Crippen LogP contribution in [0.3, 0.4) is 0 Å². The molecule has 5 heteroatoms. The van der Waals surface area contributed by atoms with Crippen molar-refractivity contribution in [3.05, 3.63) is 103 Å². The molecule has 0 saturated carbocycles. The van der Waals surface area contributed by atoms with E-state index in [1.54, 1.807) is 6.20 Å². The monoisotopic (exact) mass is 365 g/mol. The molecule has 2 heterocycles. The number of para-hydroxylation sites is 2. The summed E-state index contributed by atoms with van der Waals surface area (Å²) >= 11 is 0. The van der Waals surface area contributed by atoms with Crippen LogP contribution in [0.5, 0.6) is 0 Å². The Labute approximate surface area is 162 Å². The van der Waals surface area contributed by atoms with Gasteiger partial charge in [-0.1, -0.05) is 30.3 Å². The Kier molecular flexibility index (Phi) is 4.10. The third-order valence-electron chi connectivity index (χ3n) is 4.79. The minimum Gasteiger partial charge on any atom is -0.381 e. The van der Waals surface area contributed by atoms with Crippen molar-refractivity contribution in [1.82, 2.24) is 19.1 Å². The molecular formula is C23H19N5. The first-order valence-electron chi connectivity index (χ1n) is 9.20. The Morgan fingerprint density at radius 1 is 0.821 bits per heavy atom. The zero-order valence-corrected chi connectivity index (χ0v) is 15.2. The van der Waals surface area contributed by atoms with E-state index >= 15 is 0 Å². The second-order valence-electron chi connectivity index (χ2n) is 6.65. The van der Waals surface area contributed by atoms with Crippen LogP contribution >= 0.6 is 0 Å². The van der Waals surface area contributed by atoms with E-state index in [1.165, 1.54) is 5.56 Å². The fourth-order valence-electron chi connectivity index (χ4n) is 3.37. The first-order chi connectivity index (χ1) is 13.9. The van der Waals surface area contributed by atoms with Crippen molar-refractivity contribution in [2.24, 2.45) is 0 Å². The zero-order valence-electron chi connectivity index (χ0n) is 15.2. The number of rotatable bonds is 5. The van der Waals surface area contributed by atoms with Gasteiger partial charge in [-0.05, 0) is 48.0 Å². The maximum absolute atomic E-state index is 4.49. The molecule has 28 heavy (non-hydrogen) atoms. The molecule has 5 nitrogen and oxygen atoms in total. The molecule has 5 rings (SSSR count). The number of anilines is 1. The molecule has 0 saturated heterocycles. The van der Waals surface area contributed by atoms with Crippen molar-refractivity contribution < 1.29 is 0 Å². The summed E-state index contributed by atoms with van der Waals surface area (Å²) in [7, 11) is 0. The molecule has 1 N–H and O–H groups in total. The minimum absolute atomic E-state index is 0.747. The summed E-state index contributed by atoms with van der Waals surface area (Å²) in [5.74, 6) is 0. The number of imidazole rings is 2. The molecule has 5 aromatic rings. The molecule has 0 bridgehead atoms. The molecule has 0 atom stereocenters. The van der Waals surface area contributed by atoms with Crippen LogP contribution in [0.2, 0.25) is 0 Å². The summed E-state index contributed by atoms with van der Waals surface area (Å²) in [6.07, 6.45) is 7.42. The lowest BCUT2D eigenvalue weighted by atomic mass is 10.2. The van der Waals surface area contributed by atoms with Gasteiger partial charge < -0.3 is 9.88 Å². The summed E-state index contributed by atoms with van der Waals surface area (Å²) in [5, 5.41) is 3.53. The molecule has 2 aromatic heterocycles. The molecule has 0 amide bonds. The van der Waals surface area contributed by atoms with E-state index in [4.69, 9.17) is 0 Å². The Hall–Kier alpha value is -3.86. The third kappa shape index (κ3) is 3.14. The van der Waals surface area contributed by atoms with Crippen LogP contribution in [0.25, 0.3) is 22.4 Å². The van der Waals surface area contributed by atoms with Gasteiger partial charge in [0, 0.05) is 36.0 Å². The van der Waals surface area contributed by atoms with Crippen LogP contribution in [0.1, 0.15) is 5.56 Å². The van der Waals surface area contributed by atoms with Gasteiger partial charge in [0.2, 0.25) is 0 Å². The first kappa shape index (κ1) is 16.3. The Bertz CT molecular complexity index is 1220. The summed E-state index contributed by atoms with van der Waals surface area (Å²) in [6.45, 7) is 0.747. The molecule has 0 aliphatic carbocycles. The quantitative estimate of drug-likeness (QED) is 0.486. The predicted octanol–water partition coefficient (Wildman–Crippen LogP) is 4.82. The van der Waals surface area contributed by atoms with Crippen molar-refractivity contribution in [3.63, 3.8) is 0 Å². The van der Waals surface area contributed by atoms with Crippen molar-refractivity contribution in [2.45, 2.75) is 6.54 Å². The fourth-order valence-corrected chi connectivity index (χ4v) is 3.37. The van der Waals surface area contributed by atoms with E-state index in [0.717, 1.165) is 34.6 Å². The number of aromatic nitrogens is 4. The van der Waals surface area contributed by atoms with E-state index in [-0.39, 0.29) is 0 Å². The van der Waals surface area contributed by atoms with Gasteiger partial charge in [0.1, 0.15) is 6.33 Å². The highest BCUT2D eigenvalue weighted by Gasteiger charge is 2.05. The largest absolute Gasteiger partial charge is 0.381 e. The lowest BCUT2D eigenvalue weighted by molar-refractivity contribution is 1.04. The van der Waals surface area contributed by atoms with E-state index in [1.807, 2.05) is 41.6 Å². The van der Waals surface area contributed by atoms with Gasteiger partial charge in [-0.15, -0.1) is 0 Å². The number of nitrogens with zero attached hydrogens (tertiary/aromatic N) is 4. The standard InChI is InChI=1S/C23H19N5/c1-2-10-23-22(9-1)26-17-28(23)21-8-4-6-19(14-21)25-15-18-5-3-7-20(13-18)27-12-11-24-16-27/h1-14,16-17,25H,15H2. The van der Waals surface area contributed by atoms with E-state index in [9.17, 15) is 0 Å². The third-order valence-corrected chi connectivity index (χ3v) is 4.79. The molecular weight excluding hydrogens is 346 g/mol. The highest BCUT2D eigenvalue weighted by Crippen LogP contribution is 2.21. The number of hydrogen-bond acceptors (Lipinski definition) is 3. The van der Waals surface area contributed by atoms with Crippen molar-refractivity contribution >= 4 is 16.7 Å². The first-order valence-corrected chi connectivity index (χ1v) is 9.20. The van der Waals surface area contributed by atoms with Crippen LogP contribution in [-0.4, -0.2) is 19.1 Å². The summed E-state index contributed by atoms with van der Waals surface area (Å²) in [4.78, 5) is 8.60. The molecule has 3 aromatic carbocycles. The number of nitrogens with one attached hydrogen (secondary N) is 1. The predicted molar refractivity (Wildman–Crippen MR) is 112 cm³/mol. The van der Waals surface area contributed by atoms with Gasteiger partial charge in [0.25, 0.3) is 0 Å². The molecule has 0 radical (unpaired) electrons. The van der Waals surface area contributed by atoms with E-state index in [0.29, 0.717) is 0 Å². The lowest BCUT2D eigenvalue weighted by Crippen LogP contribution is -2.01. The summed E-state index contributed by atoms with van der Waals surface area (Å²) in [6, 6.07) is 25.0. The maximum Gasteiger partial charge on any atom is 0.100 e. The Morgan fingerprint density at radius 3 is 2.64 bits per heavy atom. The van der Waals surface area contributed by atoms with Gasteiger partial charge in [-0.2, -0.15) is 0 Å². The second kappa shape index (κ2) is 7.04. The number of hydrogen-bond donors (Lipinski definition) is 1. The van der Waals surface area contributed by atoms with Crippen molar-refractivity contribution in [1.29, 1.82) is 0 Å². The molecule has 0 unspecified atom stereocenters. The second-order valence-corrected chi connectivity index (χ2v) is 6.65. The van der Waals surface area contributed by atoms with Crippen LogP contribution in [0.15, 0.2) is 97.8 Å². The highest BCUT2D eigenvalue weighted by atomic mass is 15.1. The lowest BCUT2D eigenvalue weighted by Gasteiger charge is -2.11. The van der Waals surface area contributed by atoms with Crippen LogP contribution < -0.4 is 5.32 Å². The Balaban J connectivity index is 1.37. The zero-order chi connectivity index (χ0) is 18.8. The van der Waals surface area contributed by atoms with Gasteiger partial charge in [-0.25, -0.2) is 9.97 Å². The number of benzene rings is 3. The van der Waals surface area contributed by atoms with E-state index < -0.39 is 0 Å². The Morgan fingerprint density at radius 2 is 1.71 bits per heavy atom. The average molecular weight is 365 g/mol. The molecule has 0 aliphatic rings. The molecule has 0 aliphatic heterocycles. The number of fused-ring (bicyclic) bond motifs is 1. The highest BCUT2D eigenvalue weighted by molar-refractivity contribution is 5.77. The summed E-state index contributed by atoms with van der Waals surface area (Å²) in [5.41, 5.74) is 6.58.